The predicted octanol–water partition coefficient (Wildman–Crippen LogP) is 2.80. The van der Waals surface area contributed by atoms with Gasteiger partial charge in [-0.2, -0.15) is 0 Å². The van der Waals surface area contributed by atoms with Crippen LogP contribution in [0.5, 0.6) is 0 Å². The number of benzene rings is 2. The Bertz CT molecular complexity index is 938. The van der Waals surface area contributed by atoms with Crippen molar-refractivity contribution in [3.05, 3.63) is 59.2 Å². The number of anilines is 2. The molecule has 0 bridgehead atoms. The second kappa shape index (κ2) is 6.87. The highest BCUT2D eigenvalue weighted by Crippen LogP contribution is 2.31. The Kier molecular flexibility index (Phi) is 4.39. The summed E-state index contributed by atoms with van der Waals surface area (Å²) in [5, 5.41) is 0. The third-order valence-electron chi connectivity index (χ3n) is 5.12. The van der Waals surface area contributed by atoms with Crippen LogP contribution in [-0.2, 0) is 16.0 Å². The van der Waals surface area contributed by atoms with Crippen LogP contribution >= 0.6 is 0 Å². The molecule has 138 valence electrons. The molecule has 0 aliphatic carbocycles. The summed E-state index contributed by atoms with van der Waals surface area (Å²) in [5.74, 6) is -0.389. The molecule has 4 rings (SSSR count). The van der Waals surface area contributed by atoms with Crippen molar-refractivity contribution >= 4 is 29.2 Å². The van der Waals surface area contributed by atoms with Gasteiger partial charge in [-0.1, -0.05) is 6.07 Å². The quantitative estimate of drug-likeness (QED) is 0.786. The van der Waals surface area contributed by atoms with Crippen LogP contribution in [0.3, 0.4) is 0 Å². The lowest BCUT2D eigenvalue weighted by Crippen LogP contribution is -2.29. The summed E-state index contributed by atoms with van der Waals surface area (Å²) in [4.78, 5) is 40.2. The normalized spacial score (nSPS) is 15.8. The lowest BCUT2D eigenvalue weighted by Gasteiger charge is -2.20. The number of carbonyl (C=O) groups excluding carboxylic acids is 3. The number of hydrogen-bond donors (Lipinski definition) is 0. The minimum Gasteiger partial charge on any atom is -0.465 e. The Labute approximate surface area is 157 Å². The van der Waals surface area contributed by atoms with Gasteiger partial charge in [-0.15, -0.1) is 0 Å². The number of hydrogen-bond acceptors (Lipinski definition) is 4. The highest BCUT2D eigenvalue weighted by Gasteiger charge is 2.28. The van der Waals surface area contributed by atoms with Gasteiger partial charge >= 0.3 is 5.97 Å². The lowest BCUT2D eigenvalue weighted by molar-refractivity contribution is -0.117. The first-order valence-electron chi connectivity index (χ1n) is 9.02. The van der Waals surface area contributed by atoms with Gasteiger partial charge in [0.25, 0.3) is 5.91 Å². The van der Waals surface area contributed by atoms with E-state index in [2.05, 4.69) is 0 Å². The average Bonchev–Trinajstić information content (AvgIpc) is 3.32. The molecule has 0 spiro atoms. The van der Waals surface area contributed by atoms with Crippen LogP contribution in [-0.4, -0.2) is 38.0 Å². The maximum absolute atomic E-state index is 13.1. The fraction of sp³-hybridized carbons (Fsp3) is 0.286. The molecule has 1 saturated heterocycles. The Morgan fingerprint density at radius 3 is 2.59 bits per heavy atom. The molecule has 2 aliphatic heterocycles. The fourth-order valence-corrected chi connectivity index (χ4v) is 3.74. The summed E-state index contributed by atoms with van der Waals surface area (Å²) in [5.41, 5.74) is 3.58. The highest BCUT2D eigenvalue weighted by molar-refractivity contribution is 6.08. The average molecular weight is 364 g/mol. The first-order chi connectivity index (χ1) is 13.1. The number of carbonyl (C=O) groups is 3. The van der Waals surface area contributed by atoms with Crippen molar-refractivity contribution in [3.8, 4) is 0 Å². The molecule has 0 aromatic heterocycles. The molecule has 2 aliphatic rings. The van der Waals surface area contributed by atoms with Crippen LogP contribution in [0.4, 0.5) is 11.4 Å². The molecule has 2 aromatic carbocycles. The number of nitrogens with zero attached hydrogens (tertiary/aromatic N) is 2. The van der Waals surface area contributed by atoms with Crippen molar-refractivity contribution < 1.29 is 19.1 Å². The molecule has 0 saturated carbocycles. The van der Waals surface area contributed by atoms with Gasteiger partial charge in [-0.3, -0.25) is 9.59 Å². The van der Waals surface area contributed by atoms with Crippen molar-refractivity contribution in [1.82, 2.24) is 0 Å². The van der Waals surface area contributed by atoms with E-state index in [-0.39, 0.29) is 17.8 Å². The van der Waals surface area contributed by atoms with Gasteiger partial charge in [0.2, 0.25) is 5.91 Å². The third kappa shape index (κ3) is 3.07. The molecule has 2 aromatic rings. The van der Waals surface area contributed by atoms with Gasteiger partial charge in [0.1, 0.15) is 0 Å². The molecule has 2 heterocycles. The Morgan fingerprint density at radius 1 is 1.00 bits per heavy atom. The third-order valence-corrected chi connectivity index (χ3v) is 5.12. The van der Waals surface area contributed by atoms with Crippen molar-refractivity contribution in [3.63, 3.8) is 0 Å². The first kappa shape index (κ1) is 17.3. The van der Waals surface area contributed by atoms with E-state index in [1.54, 1.807) is 40.1 Å². The standard InChI is InChI=1S/C21H20N2O4/c1-27-21(26)16-7-8-18-14(12-16)9-11-23(18)20(25)15-4-2-5-17(13-15)22-10-3-6-19(22)24/h2,4-5,7-8,12-13H,3,6,9-11H2,1H3. The van der Waals surface area contributed by atoms with Gasteiger partial charge in [-0.05, 0) is 54.8 Å². The summed E-state index contributed by atoms with van der Waals surface area (Å²) in [6.07, 6.45) is 2.09. The minimum atomic E-state index is -0.384. The minimum absolute atomic E-state index is 0.0986. The van der Waals surface area contributed by atoms with Crippen molar-refractivity contribution in [1.29, 1.82) is 0 Å². The summed E-state index contributed by atoms with van der Waals surface area (Å²) in [7, 11) is 1.35. The summed E-state index contributed by atoms with van der Waals surface area (Å²) in [6.45, 7) is 1.25. The van der Waals surface area contributed by atoms with Crippen LogP contribution in [0.1, 0.15) is 39.1 Å². The second-order valence-corrected chi connectivity index (χ2v) is 6.74. The molecule has 27 heavy (non-hydrogen) atoms. The van der Waals surface area contributed by atoms with E-state index >= 15 is 0 Å². The molecule has 6 heteroatoms. The molecular formula is C21H20N2O4. The van der Waals surface area contributed by atoms with Gasteiger partial charge in [-0.25, -0.2) is 4.79 Å². The largest absolute Gasteiger partial charge is 0.465 e. The fourth-order valence-electron chi connectivity index (χ4n) is 3.74. The van der Waals surface area contributed by atoms with Crippen LogP contribution < -0.4 is 9.80 Å². The number of amides is 2. The zero-order chi connectivity index (χ0) is 19.0. The highest BCUT2D eigenvalue weighted by atomic mass is 16.5. The monoisotopic (exact) mass is 364 g/mol. The summed E-state index contributed by atoms with van der Waals surface area (Å²) in [6, 6.07) is 12.5. The van der Waals surface area contributed by atoms with E-state index in [1.165, 1.54) is 7.11 Å². The van der Waals surface area contributed by atoms with E-state index in [0.717, 1.165) is 23.4 Å². The van der Waals surface area contributed by atoms with Gasteiger partial charge in [0.15, 0.2) is 0 Å². The Morgan fingerprint density at radius 2 is 1.85 bits per heavy atom. The molecule has 0 atom stereocenters. The maximum atomic E-state index is 13.1. The molecular weight excluding hydrogens is 344 g/mol. The number of rotatable bonds is 3. The molecule has 6 nitrogen and oxygen atoms in total. The second-order valence-electron chi connectivity index (χ2n) is 6.74. The van der Waals surface area contributed by atoms with Crippen molar-refractivity contribution in [2.45, 2.75) is 19.3 Å². The van der Waals surface area contributed by atoms with Crippen molar-refractivity contribution in [2.75, 3.05) is 30.0 Å². The smallest absolute Gasteiger partial charge is 0.337 e. The van der Waals surface area contributed by atoms with Gasteiger partial charge in [0, 0.05) is 36.4 Å². The summed E-state index contributed by atoms with van der Waals surface area (Å²) >= 11 is 0. The van der Waals surface area contributed by atoms with Crippen LogP contribution in [0.25, 0.3) is 0 Å². The number of methoxy groups -OCH3 is 1. The van der Waals surface area contributed by atoms with Crippen molar-refractivity contribution in [2.24, 2.45) is 0 Å². The zero-order valence-corrected chi connectivity index (χ0v) is 15.1. The van der Waals surface area contributed by atoms with Gasteiger partial charge in [0.05, 0.1) is 12.7 Å². The van der Waals surface area contributed by atoms with E-state index in [0.29, 0.717) is 37.1 Å². The molecule has 0 N–H and O–H groups in total. The number of esters is 1. The summed E-state index contributed by atoms with van der Waals surface area (Å²) < 4.78 is 4.76. The molecule has 0 unspecified atom stereocenters. The van der Waals surface area contributed by atoms with Crippen LogP contribution in [0.2, 0.25) is 0 Å². The van der Waals surface area contributed by atoms with Crippen LogP contribution in [0, 0.1) is 0 Å². The number of fused-ring (bicyclic) bond motifs is 1. The lowest BCUT2D eigenvalue weighted by atomic mass is 10.1. The Balaban J connectivity index is 1.60. The molecule has 2 amide bonds. The van der Waals surface area contributed by atoms with Crippen LogP contribution in [0.15, 0.2) is 42.5 Å². The van der Waals surface area contributed by atoms with E-state index in [4.69, 9.17) is 4.74 Å². The topological polar surface area (TPSA) is 66.9 Å². The van der Waals surface area contributed by atoms with Gasteiger partial charge < -0.3 is 14.5 Å². The zero-order valence-electron chi connectivity index (χ0n) is 15.1. The molecule has 0 radical (unpaired) electrons. The van der Waals surface area contributed by atoms with E-state index < -0.39 is 0 Å². The van der Waals surface area contributed by atoms with E-state index in [9.17, 15) is 14.4 Å². The van der Waals surface area contributed by atoms with E-state index in [1.807, 2.05) is 12.1 Å². The SMILES string of the molecule is COC(=O)c1ccc2c(c1)CCN2C(=O)c1cccc(N2CCCC2=O)c1. The molecule has 1 fully saturated rings. The first-order valence-corrected chi connectivity index (χ1v) is 9.02. The maximum Gasteiger partial charge on any atom is 0.337 e. The predicted molar refractivity (Wildman–Crippen MR) is 101 cm³/mol. The Hall–Kier alpha value is -3.15. The number of ether oxygens (including phenoxy) is 1.